The maximum Gasteiger partial charge on any atom is 0.107 e. The summed E-state index contributed by atoms with van der Waals surface area (Å²) >= 11 is 7.59. The van der Waals surface area contributed by atoms with Crippen LogP contribution in [0.25, 0.3) is 0 Å². The second-order valence-corrected chi connectivity index (χ2v) is 6.80. The fourth-order valence-electron chi connectivity index (χ4n) is 3.58. The maximum absolute atomic E-state index is 5.82. The molecular formula is C14H21ClN2S. The van der Waals surface area contributed by atoms with E-state index in [0.29, 0.717) is 5.88 Å². The van der Waals surface area contributed by atoms with Crippen LogP contribution in [0.2, 0.25) is 0 Å². The van der Waals surface area contributed by atoms with E-state index >= 15 is 0 Å². The highest BCUT2D eigenvalue weighted by Crippen LogP contribution is 2.36. The van der Waals surface area contributed by atoms with E-state index in [9.17, 15) is 0 Å². The lowest BCUT2D eigenvalue weighted by molar-refractivity contribution is 0.0546. The lowest BCUT2D eigenvalue weighted by Crippen LogP contribution is -2.46. The van der Waals surface area contributed by atoms with Gasteiger partial charge in [0.15, 0.2) is 0 Å². The van der Waals surface area contributed by atoms with Crippen molar-refractivity contribution in [3.63, 3.8) is 0 Å². The number of likely N-dealkylation sites (tertiary alicyclic amines) is 1. The van der Waals surface area contributed by atoms with Crippen LogP contribution in [0.1, 0.15) is 49.2 Å². The lowest BCUT2D eigenvalue weighted by Gasteiger charge is -2.43. The lowest BCUT2D eigenvalue weighted by atomic mass is 9.78. The van der Waals surface area contributed by atoms with Crippen LogP contribution in [0.4, 0.5) is 0 Å². The fraction of sp³-hybridized carbons (Fsp3) is 0.786. The monoisotopic (exact) mass is 284 g/mol. The summed E-state index contributed by atoms with van der Waals surface area (Å²) in [5.74, 6) is 1.50. The van der Waals surface area contributed by atoms with Gasteiger partial charge in [-0.2, -0.15) is 0 Å². The largest absolute Gasteiger partial charge is 0.293 e. The number of thiazole rings is 1. The molecule has 2 fully saturated rings. The van der Waals surface area contributed by atoms with Crippen molar-refractivity contribution >= 4 is 22.9 Å². The van der Waals surface area contributed by atoms with Gasteiger partial charge >= 0.3 is 0 Å². The highest BCUT2D eigenvalue weighted by Gasteiger charge is 2.33. The Morgan fingerprint density at radius 2 is 2.11 bits per heavy atom. The molecule has 1 aliphatic carbocycles. The van der Waals surface area contributed by atoms with E-state index in [1.807, 2.05) is 0 Å². The van der Waals surface area contributed by atoms with Gasteiger partial charge in [-0.15, -0.1) is 22.9 Å². The van der Waals surface area contributed by atoms with Gasteiger partial charge in [-0.1, -0.05) is 12.8 Å². The van der Waals surface area contributed by atoms with Crippen LogP contribution in [-0.4, -0.2) is 22.5 Å². The standard InChI is InChI=1S/C14H21ClN2S/c15-8-12-10-18-14(16-12)9-17-7-3-5-11-4-1-2-6-13(11)17/h10-11,13H,1-9H2. The van der Waals surface area contributed by atoms with Gasteiger partial charge in [0.25, 0.3) is 0 Å². The summed E-state index contributed by atoms with van der Waals surface area (Å²) in [5, 5.41) is 3.35. The average molecular weight is 285 g/mol. The molecule has 1 aliphatic heterocycles. The number of alkyl halides is 1. The Morgan fingerprint density at radius 1 is 1.28 bits per heavy atom. The van der Waals surface area contributed by atoms with E-state index in [4.69, 9.17) is 11.6 Å². The van der Waals surface area contributed by atoms with Crippen LogP contribution in [0, 0.1) is 5.92 Å². The van der Waals surface area contributed by atoms with E-state index in [1.54, 1.807) is 11.3 Å². The summed E-state index contributed by atoms with van der Waals surface area (Å²) in [4.78, 5) is 7.29. The fourth-order valence-corrected chi connectivity index (χ4v) is 4.63. The molecule has 1 saturated carbocycles. The summed E-state index contributed by atoms with van der Waals surface area (Å²) in [7, 11) is 0. The van der Waals surface area contributed by atoms with E-state index < -0.39 is 0 Å². The molecule has 0 bridgehead atoms. The third-order valence-corrected chi connectivity index (χ3v) is 5.59. The molecule has 100 valence electrons. The Balaban J connectivity index is 1.66. The quantitative estimate of drug-likeness (QED) is 0.779. The molecule has 0 radical (unpaired) electrons. The van der Waals surface area contributed by atoms with Crippen molar-refractivity contribution in [2.45, 2.75) is 57.0 Å². The van der Waals surface area contributed by atoms with Crippen LogP contribution < -0.4 is 0 Å². The van der Waals surface area contributed by atoms with Gasteiger partial charge in [-0.25, -0.2) is 4.98 Å². The predicted molar refractivity (Wildman–Crippen MR) is 77.1 cm³/mol. The third kappa shape index (κ3) is 2.73. The Labute approximate surface area is 118 Å². The van der Waals surface area contributed by atoms with Crippen LogP contribution in [0.15, 0.2) is 5.38 Å². The predicted octanol–water partition coefficient (Wildman–Crippen LogP) is 4.04. The molecular weight excluding hydrogens is 264 g/mol. The SMILES string of the molecule is ClCc1csc(CN2CCCC3CCCCC32)n1. The van der Waals surface area contributed by atoms with Crippen molar-refractivity contribution in [2.24, 2.45) is 5.92 Å². The first-order valence-corrected chi connectivity index (χ1v) is 8.51. The first kappa shape index (κ1) is 12.9. The molecule has 4 heteroatoms. The number of piperidine rings is 1. The second kappa shape index (κ2) is 5.89. The minimum Gasteiger partial charge on any atom is -0.293 e. The number of hydrogen-bond acceptors (Lipinski definition) is 3. The minimum absolute atomic E-state index is 0.544. The van der Waals surface area contributed by atoms with Crippen LogP contribution in [0.5, 0.6) is 0 Å². The topological polar surface area (TPSA) is 16.1 Å². The van der Waals surface area contributed by atoms with Crippen LogP contribution in [-0.2, 0) is 12.4 Å². The Bertz CT molecular complexity index is 391. The molecule has 0 N–H and O–H groups in total. The Morgan fingerprint density at radius 3 is 2.94 bits per heavy atom. The Hall–Kier alpha value is -0.120. The van der Waals surface area contributed by atoms with Gasteiger partial charge in [0.1, 0.15) is 5.01 Å². The highest BCUT2D eigenvalue weighted by molar-refractivity contribution is 7.09. The average Bonchev–Trinajstić information content (AvgIpc) is 2.87. The smallest absolute Gasteiger partial charge is 0.107 e. The zero-order valence-corrected chi connectivity index (χ0v) is 12.3. The van der Waals surface area contributed by atoms with Gasteiger partial charge < -0.3 is 0 Å². The summed E-state index contributed by atoms with van der Waals surface area (Å²) in [6.07, 6.45) is 8.54. The minimum atomic E-state index is 0.544. The molecule has 18 heavy (non-hydrogen) atoms. The molecule has 0 amide bonds. The molecule has 3 rings (SSSR count). The van der Waals surface area contributed by atoms with Crippen molar-refractivity contribution in [2.75, 3.05) is 6.54 Å². The number of rotatable bonds is 3. The van der Waals surface area contributed by atoms with E-state index in [1.165, 1.54) is 50.1 Å². The van der Waals surface area contributed by atoms with Crippen molar-refractivity contribution < 1.29 is 0 Å². The number of aromatic nitrogens is 1. The zero-order chi connectivity index (χ0) is 12.4. The van der Waals surface area contributed by atoms with Gasteiger partial charge in [0.05, 0.1) is 18.1 Å². The van der Waals surface area contributed by atoms with Crippen molar-refractivity contribution in [3.8, 4) is 0 Å². The molecule has 2 nitrogen and oxygen atoms in total. The molecule has 0 aromatic carbocycles. The number of halogens is 1. The number of fused-ring (bicyclic) bond motifs is 1. The van der Waals surface area contributed by atoms with E-state index in [-0.39, 0.29) is 0 Å². The maximum atomic E-state index is 5.82. The summed E-state index contributed by atoms with van der Waals surface area (Å²) in [5.41, 5.74) is 1.04. The first-order chi connectivity index (χ1) is 8.86. The van der Waals surface area contributed by atoms with Gasteiger partial charge in [-0.3, -0.25) is 4.90 Å². The second-order valence-electron chi connectivity index (χ2n) is 5.59. The van der Waals surface area contributed by atoms with E-state index in [0.717, 1.165) is 24.2 Å². The molecule has 1 saturated heterocycles. The van der Waals surface area contributed by atoms with E-state index in [2.05, 4.69) is 15.3 Å². The summed E-state index contributed by atoms with van der Waals surface area (Å²) in [6, 6.07) is 0.829. The van der Waals surface area contributed by atoms with Crippen molar-refractivity contribution in [1.82, 2.24) is 9.88 Å². The molecule has 2 heterocycles. The van der Waals surface area contributed by atoms with Crippen LogP contribution in [0.3, 0.4) is 0 Å². The number of hydrogen-bond donors (Lipinski definition) is 0. The van der Waals surface area contributed by atoms with Crippen LogP contribution >= 0.6 is 22.9 Å². The summed E-state index contributed by atoms with van der Waals surface area (Å²) in [6.45, 7) is 2.31. The highest BCUT2D eigenvalue weighted by atomic mass is 35.5. The molecule has 2 aliphatic rings. The van der Waals surface area contributed by atoms with Crippen molar-refractivity contribution in [1.29, 1.82) is 0 Å². The summed E-state index contributed by atoms with van der Waals surface area (Å²) < 4.78 is 0. The molecule has 0 spiro atoms. The first-order valence-electron chi connectivity index (χ1n) is 7.10. The molecule has 2 atom stereocenters. The van der Waals surface area contributed by atoms with Crippen molar-refractivity contribution in [3.05, 3.63) is 16.1 Å². The van der Waals surface area contributed by atoms with Gasteiger partial charge in [0, 0.05) is 11.4 Å². The molecule has 2 unspecified atom stereocenters. The third-order valence-electron chi connectivity index (χ3n) is 4.43. The number of nitrogens with zero attached hydrogens (tertiary/aromatic N) is 2. The van der Waals surface area contributed by atoms with Gasteiger partial charge in [0.2, 0.25) is 0 Å². The normalized spacial score (nSPS) is 29.2. The molecule has 1 aromatic rings. The Kier molecular flexibility index (Phi) is 4.22. The van der Waals surface area contributed by atoms with Gasteiger partial charge in [-0.05, 0) is 38.1 Å². The zero-order valence-electron chi connectivity index (χ0n) is 10.8. The molecule has 1 aromatic heterocycles.